The average molecular weight is 790 g/mol. The van der Waals surface area contributed by atoms with Crippen LogP contribution in [0.15, 0.2) is 41.3 Å². The highest BCUT2D eigenvalue weighted by Crippen LogP contribution is 2.44. The number of aliphatic carboxylic acids is 1. The molecule has 0 bridgehead atoms. The summed E-state index contributed by atoms with van der Waals surface area (Å²) in [5.41, 5.74) is 2.92. The third-order valence-electron chi connectivity index (χ3n) is 11.9. The van der Waals surface area contributed by atoms with Gasteiger partial charge in [0.1, 0.15) is 22.6 Å². The number of aryl methyl sites for hydroxylation is 2. The van der Waals surface area contributed by atoms with Crippen LogP contribution in [0.3, 0.4) is 0 Å². The Kier molecular flexibility index (Phi) is 10.5. The van der Waals surface area contributed by atoms with Crippen LogP contribution in [0.2, 0.25) is 0 Å². The number of carbonyl (C=O) groups is 1. The van der Waals surface area contributed by atoms with E-state index in [0.717, 1.165) is 47.4 Å². The van der Waals surface area contributed by atoms with Gasteiger partial charge >= 0.3 is 5.97 Å². The molecular weight excluding hydrogens is 739 g/mol. The lowest BCUT2D eigenvalue weighted by molar-refractivity contribution is -0.147. The van der Waals surface area contributed by atoms with E-state index in [1.54, 1.807) is 19.9 Å². The van der Waals surface area contributed by atoms with Crippen LogP contribution in [0.1, 0.15) is 73.5 Å². The highest BCUT2D eigenvalue weighted by molar-refractivity contribution is 7.89. The molecule has 6 heterocycles. The Labute approximate surface area is 327 Å². The maximum Gasteiger partial charge on any atom is 0.310 e. The summed E-state index contributed by atoms with van der Waals surface area (Å²) in [5.74, 6) is -0.749. The highest BCUT2D eigenvalue weighted by atomic mass is 32.2. The summed E-state index contributed by atoms with van der Waals surface area (Å²) in [6, 6.07) is 10.8. The maximum atomic E-state index is 14.6. The molecule has 4 aliphatic rings. The topological polar surface area (TPSA) is 171 Å². The maximum absolute atomic E-state index is 14.6. The molecule has 1 spiro atoms. The van der Waals surface area contributed by atoms with Crippen LogP contribution >= 0.6 is 0 Å². The molecule has 3 aliphatic heterocycles. The van der Waals surface area contributed by atoms with E-state index in [-0.39, 0.29) is 23.9 Å². The van der Waals surface area contributed by atoms with Crippen LogP contribution in [-0.4, -0.2) is 118 Å². The minimum atomic E-state index is -4.15. The van der Waals surface area contributed by atoms with E-state index < -0.39 is 32.9 Å². The molecule has 8 rings (SSSR count). The summed E-state index contributed by atoms with van der Waals surface area (Å²) < 4.78 is 56.4. The summed E-state index contributed by atoms with van der Waals surface area (Å²) in [7, 11) is -4.15. The van der Waals surface area contributed by atoms with Gasteiger partial charge in [-0.15, -0.1) is 5.10 Å². The molecule has 1 aliphatic carbocycles. The number of rotatable bonds is 12. The van der Waals surface area contributed by atoms with Gasteiger partial charge in [0, 0.05) is 56.7 Å². The lowest BCUT2D eigenvalue weighted by Gasteiger charge is -2.38. The number of sulfonamides is 1. The van der Waals surface area contributed by atoms with Crippen molar-refractivity contribution in [1.29, 1.82) is 0 Å². The molecule has 3 aromatic heterocycles. The molecule has 3 fully saturated rings. The Balaban J connectivity index is 1.12. The minimum Gasteiger partial charge on any atom is -0.481 e. The van der Waals surface area contributed by atoms with Crippen molar-refractivity contribution in [3.05, 3.63) is 64.5 Å². The van der Waals surface area contributed by atoms with E-state index in [1.807, 2.05) is 42.8 Å². The van der Waals surface area contributed by atoms with Gasteiger partial charge in [-0.05, 0) is 81.3 Å². The van der Waals surface area contributed by atoms with Gasteiger partial charge in [0.15, 0.2) is 0 Å². The van der Waals surface area contributed by atoms with Gasteiger partial charge < -0.3 is 24.1 Å². The number of morpholine rings is 1. The van der Waals surface area contributed by atoms with Crippen molar-refractivity contribution in [1.82, 2.24) is 34.2 Å². The van der Waals surface area contributed by atoms with E-state index in [1.165, 1.54) is 23.2 Å². The Morgan fingerprint density at radius 2 is 1.77 bits per heavy atom. The zero-order valence-electron chi connectivity index (χ0n) is 32.6. The normalized spacial score (nSPS) is 20.6. The fourth-order valence-corrected chi connectivity index (χ4v) is 9.61. The molecule has 1 atom stereocenters. The summed E-state index contributed by atoms with van der Waals surface area (Å²) in [4.78, 5) is 24.9. The van der Waals surface area contributed by atoms with Crippen LogP contribution < -0.4 is 9.47 Å². The Hall–Kier alpha value is -4.22. The summed E-state index contributed by atoms with van der Waals surface area (Å²) in [6.07, 6.45) is 3.31. The number of aromatic nitrogens is 5. The number of hydrogen-bond donors (Lipinski definition) is 1. The lowest BCUT2D eigenvalue weighted by Crippen LogP contribution is -2.50. The number of nitrogens with zero attached hydrogens (tertiary/aromatic N) is 7. The molecule has 0 unspecified atom stereocenters. The van der Waals surface area contributed by atoms with Crippen molar-refractivity contribution in [2.45, 2.75) is 82.9 Å². The van der Waals surface area contributed by atoms with Crippen molar-refractivity contribution >= 4 is 27.0 Å². The highest BCUT2D eigenvalue weighted by Gasteiger charge is 2.46. The first kappa shape index (κ1) is 38.6. The minimum absolute atomic E-state index is 0.0138. The smallest absolute Gasteiger partial charge is 0.310 e. The van der Waals surface area contributed by atoms with Crippen molar-refractivity contribution in [3.63, 3.8) is 0 Å². The molecular formula is C40H51N7O8S. The first-order valence-corrected chi connectivity index (χ1v) is 21.0. The largest absolute Gasteiger partial charge is 0.481 e. The van der Waals surface area contributed by atoms with Gasteiger partial charge in [-0.3, -0.25) is 14.7 Å². The van der Waals surface area contributed by atoms with E-state index in [9.17, 15) is 18.3 Å². The summed E-state index contributed by atoms with van der Waals surface area (Å²) >= 11 is 0. The van der Waals surface area contributed by atoms with Crippen LogP contribution in [0.5, 0.6) is 11.8 Å². The average Bonchev–Trinajstić information content (AvgIpc) is 3.92. The Morgan fingerprint density at radius 3 is 2.50 bits per heavy atom. The molecule has 1 aromatic carbocycles. The number of benzene rings is 1. The molecule has 1 N–H and O–H groups in total. The van der Waals surface area contributed by atoms with E-state index in [4.69, 9.17) is 23.9 Å². The van der Waals surface area contributed by atoms with Crippen molar-refractivity contribution in [2.75, 3.05) is 59.2 Å². The third-order valence-corrected chi connectivity index (χ3v) is 13.7. The Bertz CT molecular complexity index is 2210. The second kappa shape index (κ2) is 15.3. The number of ether oxygens (including phenoxy) is 4. The molecule has 56 heavy (non-hydrogen) atoms. The van der Waals surface area contributed by atoms with Gasteiger partial charge in [-0.1, -0.05) is 17.3 Å². The first-order valence-electron chi connectivity index (χ1n) is 19.6. The fraction of sp³-hybridized carbons (Fsp3) is 0.575. The van der Waals surface area contributed by atoms with Crippen LogP contribution in [0.25, 0.3) is 11.0 Å². The summed E-state index contributed by atoms with van der Waals surface area (Å²) in [5, 5.41) is 19.6. The van der Waals surface area contributed by atoms with Gasteiger partial charge in [0.2, 0.25) is 21.8 Å². The van der Waals surface area contributed by atoms with Crippen LogP contribution in [0, 0.1) is 25.2 Å². The van der Waals surface area contributed by atoms with E-state index in [2.05, 4.69) is 20.2 Å². The monoisotopic (exact) mass is 789 g/mol. The molecule has 300 valence electrons. The van der Waals surface area contributed by atoms with Crippen molar-refractivity contribution in [3.8, 4) is 11.8 Å². The van der Waals surface area contributed by atoms with Gasteiger partial charge in [-0.25, -0.2) is 13.1 Å². The van der Waals surface area contributed by atoms with Gasteiger partial charge in [0.25, 0.3) is 0 Å². The second-order valence-electron chi connectivity index (χ2n) is 16.2. The fourth-order valence-electron chi connectivity index (χ4n) is 8.08. The van der Waals surface area contributed by atoms with Crippen LogP contribution in [0.4, 0.5) is 0 Å². The standard InChI is InChI=1S/C40H51N7O8S/c1-26-5-9-30(35(39(3,4)38(48)49)29-8-10-32-36(27(29)2)43-44-47(32)23-28-6-7-28)41-31(26)24-46-25-40(13-18-52-19-14-40)55-37-33(56(46,50)51)11-12-34(42-37)54-22-17-45-15-20-53-21-16-45/h5,8-12,28,35H,6-7,13-25H2,1-4H3,(H,48,49)/t35-/m1/s1. The number of pyridine rings is 2. The molecule has 4 aromatic rings. The predicted molar refractivity (Wildman–Crippen MR) is 205 cm³/mol. The lowest BCUT2D eigenvalue weighted by atomic mass is 9.71. The Morgan fingerprint density at radius 1 is 1.02 bits per heavy atom. The zero-order chi connectivity index (χ0) is 39.2. The first-order chi connectivity index (χ1) is 26.8. The molecule has 15 nitrogen and oxygen atoms in total. The molecule has 0 radical (unpaired) electrons. The van der Waals surface area contributed by atoms with Crippen molar-refractivity contribution in [2.24, 2.45) is 11.3 Å². The third kappa shape index (κ3) is 7.61. The SMILES string of the molecule is Cc1ccc([C@@H](c2ccc3c(nnn3CC3CC3)c2C)C(C)(C)C(=O)O)nc1CN1CC2(CCOCC2)Oc2nc(OCCN3CCOCC3)ccc2S1(=O)=O. The number of fused-ring (bicyclic) bond motifs is 2. The van der Waals surface area contributed by atoms with Crippen LogP contribution in [-0.2, 0) is 37.4 Å². The second-order valence-corrected chi connectivity index (χ2v) is 18.2. The zero-order valence-corrected chi connectivity index (χ0v) is 33.4. The van der Waals surface area contributed by atoms with Gasteiger partial charge in [-0.2, -0.15) is 9.29 Å². The van der Waals surface area contributed by atoms with E-state index >= 15 is 0 Å². The molecule has 1 saturated carbocycles. The summed E-state index contributed by atoms with van der Waals surface area (Å²) in [6.45, 7) is 13.0. The predicted octanol–water partition coefficient (Wildman–Crippen LogP) is 4.33. The van der Waals surface area contributed by atoms with E-state index in [0.29, 0.717) is 75.6 Å². The van der Waals surface area contributed by atoms with Crippen molar-refractivity contribution < 1.29 is 37.3 Å². The van der Waals surface area contributed by atoms with Gasteiger partial charge in [0.05, 0.1) is 56.1 Å². The quantitative estimate of drug-likeness (QED) is 0.215. The number of hydrogen-bond acceptors (Lipinski definition) is 12. The number of carboxylic acid groups (broad SMARTS) is 1. The molecule has 0 amide bonds. The molecule has 16 heteroatoms. The number of carboxylic acids is 1. The molecule has 2 saturated heterocycles.